The molecule has 0 spiro atoms. The second kappa shape index (κ2) is 9.50. The van der Waals surface area contributed by atoms with E-state index in [2.05, 4.69) is 20.8 Å². The first-order valence-corrected chi connectivity index (χ1v) is 12.8. The second-order valence-corrected chi connectivity index (χ2v) is 10.9. The van der Waals surface area contributed by atoms with Gasteiger partial charge < -0.3 is 5.32 Å². The first-order chi connectivity index (χ1) is 15.0. The zero-order chi connectivity index (χ0) is 21.8. The van der Waals surface area contributed by atoms with Crippen LogP contribution < -0.4 is 10.6 Å². The maximum Gasteiger partial charge on any atom is 0.237 e. The highest BCUT2D eigenvalue weighted by molar-refractivity contribution is 8.01. The van der Waals surface area contributed by atoms with Crippen molar-refractivity contribution in [1.82, 2.24) is 10.2 Å². The van der Waals surface area contributed by atoms with Gasteiger partial charge in [0.2, 0.25) is 16.9 Å². The van der Waals surface area contributed by atoms with Crippen molar-refractivity contribution in [1.29, 1.82) is 0 Å². The molecule has 0 atom stereocenters. The van der Waals surface area contributed by atoms with E-state index < -0.39 is 5.41 Å². The molecule has 1 aliphatic carbocycles. The third-order valence-electron chi connectivity index (χ3n) is 5.49. The Hall–Kier alpha value is -2.23. The number of thioether (sulfide) groups is 1. The van der Waals surface area contributed by atoms with Gasteiger partial charge >= 0.3 is 0 Å². The van der Waals surface area contributed by atoms with Crippen molar-refractivity contribution in [2.24, 2.45) is 0 Å². The number of nitrogens with zero attached hydrogens (tertiary/aromatic N) is 2. The number of amides is 2. The number of benzene rings is 1. The van der Waals surface area contributed by atoms with Gasteiger partial charge in [-0.2, -0.15) is 0 Å². The predicted octanol–water partition coefficient (Wildman–Crippen LogP) is 5.40. The molecule has 6 nitrogen and oxygen atoms in total. The minimum atomic E-state index is -0.459. The summed E-state index contributed by atoms with van der Waals surface area (Å²) in [6.07, 6.45) is 3.83. The number of hydrogen-bond donors (Lipinski definition) is 2. The van der Waals surface area contributed by atoms with Crippen molar-refractivity contribution < 1.29 is 9.59 Å². The van der Waals surface area contributed by atoms with Crippen molar-refractivity contribution >= 4 is 57.1 Å². The lowest BCUT2D eigenvalue weighted by Crippen LogP contribution is -2.37. The topological polar surface area (TPSA) is 84.0 Å². The number of aromatic nitrogens is 2. The molecule has 162 valence electrons. The van der Waals surface area contributed by atoms with Crippen molar-refractivity contribution in [2.75, 3.05) is 16.4 Å². The van der Waals surface area contributed by atoms with Crippen LogP contribution in [0.15, 0.2) is 40.1 Å². The second-order valence-electron chi connectivity index (χ2n) is 7.75. The Morgan fingerprint density at radius 3 is 2.65 bits per heavy atom. The standard InChI is InChI=1S/C22H24N4O2S3/c1-14-7-8-16(15(2)12-14)23-18(27)13-30-21-26-25-20(31-21)24-19(28)22(9-3-4-10-22)17-6-5-11-29-17/h5-8,11-12H,3-4,9-10,13H2,1-2H3,(H,23,27)(H,24,25,28). The predicted molar refractivity (Wildman–Crippen MR) is 128 cm³/mol. The first-order valence-electron chi connectivity index (χ1n) is 10.2. The Balaban J connectivity index is 1.34. The molecule has 3 aromatic rings. The smallest absolute Gasteiger partial charge is 0.237 e. The van der Waals surface area contributed by atoms with Crippen LogP contribution in [0.4, 0.5) is 10.8 Å². The van der Waals surface area contributed by atoms with Crippen LogP contribution in [0.2, 0.25) is 0 Å². The van der Waals surface area contributed by atoms with E-state index in [0.29, 0.717) is 9.47 Å². The van der Waals surface area contributed by atoms with Crippen LogP contribution in [0.3, 0.4) is 0 Å². The zero-order valence-electron chi connectivity index (χ0n) is 17.4. The molecule has 4 rings (SSSR count). The van der Waals surface area contributed by atoms with Gasteiger partial charge in [0.25, 0.3) is 0 Å². The van der Waals surface area contributed by atoms with Gasteiger partial charge in [0, 0.05) is 10.6 Å². The van der Waals surface area contributed by atoms with Gasteiger partial charge in [-0.25, -0.2) is 0 Å². The first kappa shape index (κ1) is 22.0. The molecule has 2 amide bonds. The average molecular weight is 473 g/mol. The maximum atomic E-state index is 13.1. The summed E-state index contributed by atoms with van der Waals surface area (Å²) < 4.78 is 0.655. The van der Waals surface area contributed by atoms with Gasteiger partial charge in [0.1, 0.15) is 0 Å². The largest absolute Gasteiger partial charge is 0.325 e. The normalized spacial score (nSPS) is 15.0. The summed E-state index contributed by atoms with van der Waals surface area (Å²) in [6.45, 7) is 4.00. The van der Waals surface area contributed by atoms with Crippen molar-refractivity contribution in [3.8, 4) is 0 Å². The highest BCUT2D eigenvalue weighted by atomic mass is 32.2. The molecular weight excluding hydrogens is 448 g/mol. The zero-order valence-corrected chi connectivity index (χ0v) is 19.9. The summed E-state index contributed by atoms with van der Waals surface area (Å²) in [6, 6.07) is 9.97. The van der Waals surface area contributed by atoms with Crippen LogP contribution in [0, 0.1) is 13.8 Å². The van der Waals surface area contributed by atoms with E-state index in [1.54, 1.807) is 11.3 Å². The van der Waals surface area contributed by atoms with Gasteiger partial charge in [-0.3, -0.25) is 14.9 Å². The van der Waals surface area contributed by atoms with Crippen LogP contribution in [0.25, 0.3) is 0 Å². The Bertz CT molecular complexity index is 1070. The summed E-state index contributed by atoms with van der Waals surface area (Å²) in [7, 11) is 0. The Labute approximate surface area is 193 Å². The van der Waals surface area contributed by atoms with E-state index in [9.17, 15) is 9.59 Å². The molecule has 0 radical (unpaired) electrons. The van der Waals surface area contributed by atoms with Crippen LogP contribution in [-0.2, 0) is 15.0 Å². The molecule has 9 heteroatoms. The lowest BCUT2D eigenvalue weighted by Gasteiger charge is -2.25. The van der Waals surface area contributed by atoms with Crippen molar-refractivity contribution in [3.05, 3.63) is 51.7 Å². The van der Waals surface area contributed by atoms with E-state index in [4.69, 9.17) is 0 Å². The number of carbonyl (C=O) groups excluding carboxylic acids is 2. The fraction of sp³-hybridized carbons (Fsp3) is 0.364. The van der Waals surface area contributed by atoms with Crippen LogP contribution in [0.1, 0.15) is 41.7 Å². The Morgan fingerprint density at radius 2 is 1.94 bits per heavy atom. The minimum absolute atomic E-state index is 0.00672. The molecule has 2 N–H and O–H groups in total. The number of rotatable bonds is 7. The number of carbonyl (C=O) groups is 2. The van der Waals surface area contributed by atoms with Crippen molar-refractivity contribution in [2.45, 2.75) is 49.3 Å². The third-order valence-corrected chi connectivity index (χ3v) is 8.54. The molecule has 0 aliphatic heterocycles. The molecule has 1 fully saturated rings. The lowest BCUT2D eigenvalue weighted by molar-refractivity contribution is -0.121. The molecule has 1 aliphatic rings. The lowest BCUT2D eigenvalue weighted by atomic mass is 9.83. The number of nitrogens with one attached hydrogen (secondary N) is 2. The number of thiophene rings is 1. The van der Waals surface area contributed by atoms with Crippen LogP contribution >= 0.6 is 34.4 Å². The molecule has 1 saturated carbocycles. The summed E-state index contributed by atoms with van der Waals surface area (Å²) in [5, 5.41) is 16.6. The van der Waals surface area contributed by atoms with Crippen LogP contribution in [0.5, 0.6) is 0 Å². The fourth-order valence-electron chi connectivity index (χ4n) is 3.92. The van der Waals surface area contributed by atoms with E-state index >= 15 is 0 Å². The molecular formula is C22H24N4O2S3. The quantitative estimate of drug-likeness (QED) is 0.355. The van der Waals surface area contributed by atoms with E-state index in [-0.39, 0.29) is 17.6 Å². The summed E-state index contributed by atoms with van der Waals surface area (Å²) >= 11 is 4.25. The highest BCUT2D eigenvalue weighted by Gasteiger charge is 2.43. The molecule has 0 unspecified atom stereocenters. The fourth-order valence-corrected chi connectivity index (χ4v) is 6.45. The Kier molecular flexibility index (Phi) is 6.74. The van der Waals surface area contributed by atoms with Crippen molar-refractivity contribution in [3.63, 3.8) is 0 Å². The molecule has 2 aromatic heterocycles. The molecule has 0 saturated heterocycles. The number of aryl methyl sites for hydroxylation is 2. The minimum Gasteiger partial charge on any atom is -0.325 e. The number of hydrogen-bond acceptors (Lipinski definition) is 7. The highest BCUT2D eigenvalue weighted by Crippen LogP contribution is 2.44. The van der Waals surface area contributed by atoms with Gasteiger partial charge in [-0.1, -0.05) is 59.7 Å². The van der Waals surface area contributed by atoms with Gasteiger partial charge in [0.15, 0.2) is 4.34 Å². The summed E-state index contributed by atoms with van der Waals surface area (Å²) in [5.74, 6) is 0.128. The average Bonchev–Trinajstić information content (AvgIpc) is 3.50. The van der Waals surface area contributed by atoms with E-state index in [0.717, 1.165) is 47.4 Å². The maximum absolute atomic E-state index is 13.1. The van der Waals surface area contributed by atoms with Crippen LogP contribution in [-0.4, -0.2) is 27.8 Å². The Morgan fingerprint density at radius 1 is 1.13 bits per heavy atom. The van der Waals surface area contributed by atoms with Gasteiger partial charge in [-0.05, 0) is 49.8 Å². The van der Waals surface area contributed by atoms with E-state index in [1.807, 2.05) is 49.6 Å². The SMILES string of the molecule is Cc1ccc(NC(=O)CSc2nnc(NC(=O)C3(c4cccs4)CCCC3)s2)c(C)c1. The van der Waals surface area contributed by atoms with Gasteiger partial charge in [0.05, 0.1) is 11.2 Å². The number of anilines is 2. The third kappa shape index (κ3) is 4.99. The summed E-state index contributed by atoms with van der Waals surface area (Å²) in [5.41, 5.74) is 2.55. The van der Waals surface area contributed by atoms with Gasteiger partial charge in [-0.15, -0.1) is 21.5 Å². The molecule has 2 heterocycles. The molecule has 0 bridgehead atoms. The monoisotopic (exact) mass is 472 g/mol. The van der Waals surface area contributed by atoms with E-state index in [1.165, 1.54) is 23.1 Å². The molecule has 31 heavy (non-hydrogen) atoms. The summed E-state index contributed by atoms with van der Waals surface area (Å²) in [4.78, 5) is 26.6. The molecule has 1 aromatic carbocycles.